The molecular weight excluding hydrogens is 409 g/mol. The molecule has 3 aromatic rings. The van der Waals surface area contributed by atoms with Crippen molar-refractivity contribution in [2.24, 2.45) is 0 Å². The lowest BCUT2D eigenvalue weighted by Gasteiger charge is -2.11. The van der Waals surface area contributed by atoms with Gasteiger partial charge in [0.1, 0.15) is 6.33 Å². The van der Waals surface area contributed by atoms with Gasteiger partial charge in [0.05, 0.1) is 34.2 Å². The van der Waals surface area contributed by atoms with Crippen LogP contribution in [0.25, 0.3) is 0 Å². The molecule has 148 valence electrons. The van der Waals surface area contributed by atoms with Gasteiger partial charge < -0.3 is 10.6 Å². The zero-order valence-corrected chi connectivity index (χ0v) is 15.3. The molecule has 0 aliphatic heterocycles. The van der Waals surface area contributed by atoms with Crippen LogP contribution in [0.5, 0.6) is 0 Å². The van der Waals surface area contributed by atoms with Crippen molar-refractivity contribution in [3.8, 4) is 0 Å². The molecule has 0 spiro atoms. The summed E-state index contributed by atoms with van der Waals surface area (Å²) in [6.45, 7) is 0. The normalized spacial score (nSPS) is 11.0. The van der Waals surface area contributed by atoms with Gasteiger partial charge in [-0.2, -0.15) is 13.2 Å². The first-order chi connectivity index (χ1) is 13.7. The van der Waals surface area contributed by atoms with E-state index in [0.29, 0.717) is 5.69 Å². The summed E-state index contributed by atoms with van der Waals surface area (Å²) in [5, 5.41) is 5.12. The Morgan fingerprint density at radius 2 is 1.59 bits per heavy atom. The maximum absolute atomic E-state index is 12.8. The van der Waals surface area contributed by atoms with Crippen LogP contribution in [0, 0.1) is 0 Å². The molecule has 1 heterocycles. The molecule has 0 fully saturated rings. The number of benzene rings is 2. The molecule has 29 heavy (non-hydrogen) atoms. The van der Waals surface area contributed by atoms with E-state index in [4.69, 9.17) is 11.6 Å². The zero-order valence-electron chi connectivity index (χ0n) is 14.5. The van der Waals surface area contributed by atoms with Gasteiger partial charge >= 0.3 is 6.18 Å². The number of aromatic nitrogens is 2. The summed E-state index contributed by atoms with van der Waals surface area (Å²) in [5.74, 6) is -1.33. The van der Waals surface area contributed by atoms with Crippen molar-refractivity contribution in [1.29, 1.82) is 0 Å². The average molecular weight is 421 g/mol. The summed E-state index contributed by atoms with van der Waals surface area (Å²) in [6, 6.07) is 8.13. The summed E-state index contributed by atoms with van der Waals surface area (Å²) < 4.78 is 38.5. The highest BCUT2D eigenvalue weighted by Gasteiger charge is 2.30. The minimum Gasteiger partial charge on any atom is -0.322 e. The molecule has 2 amide bonds. The first-order valence-electron chi connectivity index (χ1n) is 8.08. The largest absolute Gasteiger partial charge is 0.416 e. The first kappa shape index (κ1) is 20.3. The second-order valence-electron chi connectivity index (χ2n) is 5.81. The quantitative estimate of drug-likeness (QED) is 0.643. The van der Waals surface area contributed by atoms with Crippen molar-refractivity contribution in [2.75, 3.05) is 10.6 Å². The van der Waals surface area contributed by atoms with E-state index in [-0.39, 0.29) is 21.8 Å². The third kappa shape index (κ3) is 5.08. The van der Waals surface area contributed by atoms with E-state index >= 15 is 0 Å². The summed E-state index contributed by atoms with van der Waals surface area (Å²) in [6.07, 6.45) is -0.494. The maximum Gasteiger partial charge on any atom is 0.416 e. The van der Waals surface area contributed by atoms with Crippen molar-refractivity contribution in [3.63, 3.8) is 0 Å². The zero-order chi connectivity index (χ0) is 21.0. The van der Waals surface area contributed by atoms with E-state index in [9.17, 15) is 22.8 Å². The van der Waals surface area contributed by atoms with E-state index in [0.717, 1.165) is 18.2 Å². The molecule has 10 heteroatoms. The van der Waals surface area contributed by atoms with Gasteiger partial charge in [-0.25, -0.2) is 9.97 Å². The van der Waals surface area contributed by atoms with E-state index in [1.807, 2.05) is 0 Å². The van der Waals surface area contributed by atoms with E-state index in [1.165, 1.54) is 43.0 Å². The summed E-state index contributed by atoms with van der Waals surface area (Å²) >= 11 is 6.05. The first-order valence-corrected chi connectivity index (χ1v) is 8.46. The number of nitrogens with one attached hydrogen (secondary N) is 2. The molecular formula is C19H12ClF3N4O2. The predicted octanol–water partition coefficient (Wildman–Crippen LogP) is 4.65. The van der Waals surface area contributed by atoms with Crippen LogP contribution in [-0.4, -0.2) is 21.8 Å². The number of amides is 2. The Morgan fingerprint density at radius 1 is 0.897 bits per heavy atom. The SMILES string of the molecule is O=C(Nc1ccc(Cl)c(C(=O)Nc2cncnc2)c1)c1cccc(C(F)(F)F)c1. The van der Waals surface area contributed by atoms with Crippen LogP contribution < -0.4 is 10.6 Å². The molecule has 0 radical (unpaired) electrons. The minimum absolute atomic E-state index is 0.0531. The average Bonchev–Trinajstić information content (AvgIpc) is 2.69. The van der Waals surface area contributed by atoms with Crippen LogP contribution in [-0.2, 0) is 6.18 Å². The third-order valence-corrected chi connectivity index (χ3v) is 4.07. The number of halogens is 4. The minimum atomic E-state index is -4.57. The fourth-order valence-corrected chi connectivity index (χ4v) is 2.58. The highest BCUT2D eigenvalue weighted by atomic mass is 35.5. The van der Waals surface area contributed by atoms with E-state index in [1.54, 1.807) is 0 Å². The lowest BCUT2D eigenvalue weighted by molar-refractivity contribution is -0.137. The molecule has 0 saturated heterocycles. The van der Waals surface area contributed by atoms with Crippen molar-refractivity contribution < 1.29 is 22.8 Å². The van der Waals surface area contributed by atoms with Crippen LogP contribution in [0.3, 0.4) is 0 Å². The van der Waals surface area contributed by atoms with Crippen LogP contribution in [0.15, 0.2) is 61.2 Å². The van der Waals surface area contributed by atoms with Crippen LogP contribution in [0.2, 0.25) is 5.02 Å². The van der Waals surface area contributed by atoms with Gasteiger partial charge in [-0.3, -0.25) is 9.59 Å². The Hall–Kier alpha value is -3.46. The second kappa shape index (κ2) is 8.27. The van der Waals surface area contributed by atoms with Crippen LogP contribution >= 0.6 is 11.6 Å². The Kier molecular flexibility index (Phi) is 5.79. The smallest absolute Gasteiger partial charge is 0.322 e. The fraction of sp³-hybridized carbons (Fsp3) is 0.0526. The molecule has 3 rings (SSSR count). The van der Waals surface area contributed by atoms with Gasteiger partial charge in [-0.15, -0.1) is 0 Å². The Morgan fingerprint density at radius 3 is 2.28 bits per heavy atom. The van der Waals surface area contributed by atoms with Gasteiger partial charge in [-0.1, -0.05) is 17.7 Å². The van der Waals surface area contributed by atoms with Gasteiger partial charge in [0.25, 0.3) is 11.8 Å². The summed E-state index contributed by atoms with van der Waals surface area (Å²) in [5.41, 5.74) is -0.538. The number of anilines is 2. The number of carbonyl (C=O) groups is 2. The molecule has 6 nitrogen and oxygen atoms in total. The lowest BCUT2D eigenvalue weighted by atomic mass is 10.1. The second-order valence-corrected chi connectivity index (χ2v) is 6.22. The van der Waals surface area contributed by atoms with Crippen molar-refractivity contribution >= 4 is 34.8 Å². The number of alkyl halides is 3. The number of rotatable bonds is 4. The maximum atomic E-state index is 12.8. The summed E-state index contributed by atoms with van der Waals surface area (Å²) in [4.78, 5) is 32.3. The molecule has 2 aromatic carbocycles. The van der Waals surface area contributed by atoms with Crippen molar-refractivity contribution in [1.82, 2.24) is 9.97 Å². The Balaban J connectivity index is 1.79. The van der Waals surface area contributed by atoms with E-state index in [2.05, 4.69) is 20.6 Å². The highest BCUT2D eigenvalue weighted by molar-refractivity contribution is 6.34. The molecule has 0 aliphatic rings. The van der Waals surface area contributed by atoms with E-state index < -0.39 is 23.6 Å². The number of hydrogen-bond donors (Lipinski definition) is 2. The van der Waals surface area contributed by atoms with Gasteiger partial charge in [0.2, 0.25) is 0 Å². The monoisotopic (exact) mass is 420 g/mol. The molecule has 0 saturated carbocycles. The topological polar surface area (TPSA) is 84.0 Å². The highest BCUT2D eigenvalue weighted by Crippen LogP contribution is 2.30. The molecule has 0 atom stereocenters. The molecule has 0 bridgehead atoms. The Labute approximate surface area is 167 Å². The fourth-order valence-electron chi connectivity index (χ4n) is 2.38. The molecule has 2 N–H and O–H groups in total. The van der Waals surface area contributed by atoms with Crippen molar-refractivity contribution in [3.05, 3.63) is 82.9 Å². The van der Waals surface area contributed by atoms with Gasteiger partial charge in [0.15, 0.2) is 0 Å². The van der Waals surface area contributed by atoms with Crippen LogP contribution in [0.4, 0.5) is 24.5 Å². The van der Waals surface area contributed by atoms with Gasteiger partial charge in [-0.05, 0) is 36.4 Å². The molecule has 0 aliphatic carbocycles. The standard InChI is InChI=1S/C19H12ClF3N4O2/c20-16-5-4-13(7-15(16)18(29)27-14-8-24-10-25-9-14)26-17(28)11-2-1-3-12(6-11)19(21,22)23/h1-10H,(H,26,28)(H,27,29). The number of hydrogen-bond acceptors (Lipinski definition) is 4. The molecule has 1 aromatic heterocycles. The van der Waals surface area contributed by atoms with Gasteiger partial charge in [0, 0.05) is 11.3 Å². The Bertz CT molecular complexity index is 1060. The van der Waals surface area contributed by atoms with Crippen molar-refractivity contribution in [2.45, 2.75) is 6.18 Å². The molecule has 0 unspecified atom stereocenters. The predicted molar refractivity (Wildman–Crippen MR) is 101 cm³/mol. The summed E-state index contributed by atoms with van der Waals surface area (Å²) in [7, 11) is 0. The number of nitrogens with zero attached hydrogens (tertiary/aromatic N) is 2. The lowest BCUT2D eigenvalue weighted by Crippen LogP contribution is -2.16. The number of carbonyl (C=O) groups excluding carboxylic acids is 2. The van der Waals surface area contributed by atoms with Crippen LogP contribution in [0.1, 0.15) is 26.3 Å². The third-order valence-electron chi connectivity index (χ3n) is 3.74.